The van der Waals surface area contributed by atoms with Crippen molar-refractivity contribution in [2.45, 2.75) is 4.83 Å². The Kier molecular flexibility index (Phi) is 4.55. The second-order valence-electron chi connectivity index (χ2n) is 2.88. The highest BCUT2D eigenvalue weighted by molar-refractivity contribution is 9.10. The Morgan fingerprint density at radius 1 is 1.53 bits per heavy atom. The third kappa shape index (κ3) is 3.87. The lowest BCUT2D eigenvalue weighted by Crippen LogP contribution is -2.24. The van der Waals surface area contributed by atoms with E-state index in [1.807, 2.05) is 0 Å². The van der Waals surface area contributed by atoms with E-state index in [-0.39, 0.29) is 11.8 Å². The van der Waals surface area contributed by atoms with Crippen molar-refractivity contribution < 1.29 is 13.9 Å². The third-order valence-electron chi connectivity index (χ3n) is 1.79. The largest absolute Gasteiger partial charge is 0.468 e. The highest BCUT2D eigenvalue weighted by Crippen LogP contribution is 2.10. The van der Waals surface area contributed by atoms with E-state index in [9.17, 15) is 9.18 Å². The minimum absolute atomic E-state index is 0.288. The number of esters is 1. The molecule has 1 atom stereocenters. The van der Waals surface area contributed by atoms with E-state index in [0.29, 0.717) is 6.54 Å². The number of hydrogen-bond acceptors (Lipinski definition) is 3. The highest BCUT2D eigenvalue weighted by atomic mass is 79.9. The number of rotatable bonds is 4. The molecule has 1 aromatic carbocycles. The van der Waals surface area contributed by atoms with Crippen molar-refractivity contribution in [1.82, 2.24) is 0 Å². The van der Waals surface area contributed by atoms with Gasteiger partial charge in [0, 0.05) is 12.2 Å². The molecule has 1 rings (SSSR count). The second-order valence-corrected chi connectivity index (χ2v) is 3.98. The van der Waals surface area contributed by atoms with Crippen LogP contribution in [-0.4, -0.2) is 24.5 Å². The van der Waals surface area contributed by atoms with Crippen molar-refractivity contribution >= 4 is 27.6 Å². The molecule has 0 spiro atoms. The van der Waals surface area contributed by atoms with Gasteiger partial charge in [0.05, 0.1) is 7.11 Å². The second kappa shape index (κ2) is 5.70. The molecule has 0 saturated heterocycles. The zero-order chi connectivity index (χ0) is 11.3. The van der Waals surface area contributed by atoms with Gasteiger partial charge in [0.15, 0.2) is 0 Å². The van der Waals surface area contributed by atoms with Gasteiger partial charge in [-0.15, -0.1) is 0 Å². The monoisotopic (exact) mass is 275 g/mol. The minimum Gasteiger partial charge on any atom is -0.468 e. The molecular formula is C10H11BrFNO2. The number of nitrogens with one attached hydrogen (secondary N) is 1. The molecule has 0 aromatic heterocycles. The first-order chi connectivity index (χ1) is 7.13. The van der Waals surface area contributed by atoms with Crippen LogP contribution in [0, 0.1) is 5.82 Å². The summed E-state index contributed by atoms with van der Waals surface area (Å²) in [4.78, 5) is 10.6. The summed E-state index contributed by atoms with van der Waals surface area (Å²) >= 11 is 3.16. The molecule has 1 aromatic rings. The van der Waals surface area contributed by atoms with Crippen LogP contribution in [-0.2, 0) is 9.53 Å². The SMILES string of the molecule is COC(=O)C(Br)CNc1ccc(F)cc1. The summed E-state index contributed by atoms with van der Waals surface area (Å²) in [6.45, 7) is 0.387. The van der Waals surface area contributed by atoms with Crippen molar-refractivity contribution in [1.29, 1.82) is 0 Å². The van der Waals surface area contributed by atoms with E-state index < -0.39 is 4.83 Å². The Hall–Kier alpha value is -1.10. The fraction of sp³-hybridized carbons (Fsp3) is 0.300. The summed E-state index contributed by atoms with van der Waals surface area (Å²) in [6.07, 6.45) is 0. The van der Waals surface area contributed by atoms with Gasteiger partial charge in [-0.3, -0.25) is 4.79 Å². The Labute approximate surface area is 95.7 Å². The quantitative estimate of drug-likeness (QED) is 0.676. The molecule has 0 fully saturated rings. The van der Waals surface area contributed by atoms with Crippen LogP contribution in [0.1, 0.15) is 0 Å². The first-order valence-corrected chi connectivity index (χ1v) is 5.26. The minimum atomic E-state index is -0.410. The molecule has 82 valence electrons. The van der Waals surface area contributed by atoms with E-state index in [2.05, 4.69) is 26.0 Å². The zero-order valence-electron chi connectivity index (χ0n) is 8.17. The van der Waals surface area contributed by atoms with Crippen molar-refractivity contribution in [3.8, 4) is 0 Å². The van der Waals surface area contributed by atoms with Crippen molar-refractivity contribution in [2.75, 3.05) is 19.0 Å². The average Bonchev–Trinajstić information content (AvgIpc) is 2.26. The molecular weight excluding hydrogens is 265 g/mol. The van der Waals surface area contributed by atoms with E-state index >= 15 is 0 Å². The van der Waals surface area contributed by atoms with Crippen LogP contribution in [0.2, 0.25) is 0 Å². The molecule has 0 bridgehead atoms. The predicted molar refractivity (Wildman–Crippen MR) is 59.6 cm³/mol. The molecule has 0 heterocycles. The average molecular weight is 276 g/mol. The molecule has 1 unspecified atom stereocenters. The first-order valence-electron chi connectivity index (χ1n) is 4.35. The Morgan fingerprint density at radius 3 is 2.67 bits per heavy atom. The first kappa shape index (κ1) is 12.0. The number of carbonyl (C=O) groups is 1. The zero-order valence-corrected chi connectivity index (χ0v) is 9.75. The van der Waals surface area contributed by atoms with Gasteiger partial charge >= 0.3 is 5.97 Å². The normalized spacial score (nSPS) is 11.9. The summed E-state index contributed by atoms with van der Waals surface area (Å²) < 4.78 is 17.1. The maximum atomic E-state index is 12.6. The van der Waals surface area contributed by atoms with Gasteiger partial charge in [0.2, 0.25) is 0 Å². The van der Waals surface area contributed by atoms with E-state index in [0.717, 1.165) is 5.69 Å². The fourth-order valence-corrected chi connectivity index (χ4v) is 1.34. The van der Waals surface area contributed by atoms with Crippen molar-refractivity contribution in [2.24, 2.45) is 0 Å². The standard InChI is InChI=1S/C10H11BrFNO2/c1-15-10(14)9(11)6-13-8-4-2-7(12)3-5-8/h2-5,9,13H,6H2,1H3. The number of hydrogen-bond donors (Lipinski definition) is 1. The fourth-order valence-electron chi connectivity index (χ4n) is 0.986. The summed E-state index contributed by atoms with van der Waals surface area (Å²) in [6, 6.07) is 5.91. The van der Waals surface area contributed by atoms with Gasteiger partial charge in [0.1, 0.15) is 10.6 Å². The number of benzene rings is 1. The van der Waals surface area contributed by atoms with Crippen molar-refractivity contribution in [3.05, 3.63) is 30.1 Å². The lowest BCUT2D eigenvalue weighted by Gasteiger charge is -2.09. The number of anilines is 1. The summed E-state index contributed by atoms with van der Waals surface area (Å²) in [5.74, 6) is -0.631. The van der Waals surface area contributed by atoms with Crippen LogP contribution in [0.4, 0.5) is 10.1 Å². The molecule has 0 aliphatic rings. The highest BCUT2D eigenvalue weighted by Gasteiger charge is 2.14. The maximum absolute atomic E-state index is 12.6. The van der Waals surface area contributed by atoms with Gasteiger partial charge in [-0.1, -0.05) is 15.9 Å². The van der Waals surface area contributed by atoms with Crippen LogP contribution in [0.25, 0.3) is 0 Å². The third-order valence-corrected chi connectivity index (χ3v) is 2.48. The Balaban J connectivity index is 2.43. The Bertz CT molecular complexity index is 329. The van der Waals surface area contributed by atoms with Gasteiger partial charge in [-0.25, -0.2) is 4.39 Å². The molecule has 0 radical (unpaired) electrons. The lowest BCUT2D eigenvalue weighted by atomic mass is 10.3. The lowest BCUT2D eigenvalue weighted by molar-refractivity contribution is -0.139. The van der Waals surface area contributed by atoms with Crippen LogP contribution in [0.15, 0.2) is 24.3 Å². The predicted octanol–water partition coefficient (Wildman–Crippen LogP) is 2.17. The van der Waals surface area contributed by atoms with Gasteiger partial charge in [-0.2, -0.15) is 0 Å². The van der Waals surface area contributed by atoms with Crippen LogP contribution in [0.5, 0.6) is 0 Å². The summed E-state index contributed by atoms with van der Waals surface area (Å²) in [5, 5.41) is 2.97. The van der Waals surface area contributed by atoms with E-state index in [1.54, 1.807) is 12.1 Å². The molecule has 0 aliphatic carbocycles. The smallest absolute Gasteiger partial charge is 0.321 e. The number of methoxy groups -OCH3 is 1. The summed E-state index contributed by atoms with van der Waals surface area (Å²) in [5.41, 5.74) is 0.754. The maximum Gasteiger partial charge on any atom is 0.321 e. The molecule has 3 nitrogen and oxygen atoms in total. The molecule has 15 heavy (non-hydrogen) atoms. The van der Waals surface area contributed by atoms with Crippen LogP contribution in [0.3, 0.4) is 0 Å². The number of ether oxygens (including phenoxy) is 1. The number of carbonyl (C=O) groups excluding carboxylic acids is 1. The van der Waals surface area contributed by atoms with Crippen LogP contribution >= 0.6 is 15.9 Å². The number of alkyl halides is 1. The Morgan fingerprint density at radius 2 is 2.13 bits per heavy atom. The molecule has 0 amide bonds. The van der Waals surface area contributed by atoms with Gasteiger partial charge in [0.25, 0.3) is 0 Å². The van der Waals surface area contributed by atoms with Crippen molar-refractivity contribution in [3.63, 3.8) is 0 Å². The molecule has 1 N–H and O–H groups in total. The molecule has 0 aliphatic heterocycles. The van der Waals surface area contributed by atoms with Crippen LogP contribution < -0.4 is 5.32 Å². The molecule has 0 saturated carbocycles. The van der Waals surface area contributed by atoms with E-state index in [4.69, 9.17) is 0 Å². The number of halogens is 2. The topological polar surface area (TPSA) is 38.3 Å². The van der Waals surface area contributed by atoms with Gasteiger partial charge < -0.3 is 10.1 Å². The van der Waals surface area contributed by atoms with Gasteiger partial charge in [-0.05, 0) is 24.3 Å². The van der Waals surface area contributed by atoms with E-state index in [1.165, 1.54) is 19.2 Å². The molecule has 5 heteroatoms. The summed E-state index contributed by atoms with van der Waals surface area (Å²) in [7, 11) is 1.33.